The fraction of sp³-hybridized carbons (Fsp3) is 0.343. The molecule has 1 heterocycles. The van der Waals surface area contributed by atoms with Gasteiger partial charge in [-0.05, 0) is 59.7 Å². The van der Waals surface area contributed by atoms with Crippen molar-refractivity contribution in [3.63, 3.8) is 0 Å². The van der Waals surface area contributed by atoms with Crippen LogP contribution in [0.4, 0.5) is 5.69 Å². The Morgan fingerprint density at radius 1 is 1.00 bits per heavy atom. The maximum Gasteiger partial charge on any atom is 0.246 e. The number of benzene rings is 2. The smallest absolute Gasteiger partial charge is 0.246 e. The van der Waals surface area contributed by atoms with Gasteiger partial charge in [-0.1, -0.05) is 41.6 Å². The lowest BCUT2D eigenvalue weighted by atomic mass is 9.95. The Morgan fingerprint density at radius 2 is 1.79 bits per heavy atom. The summed E-state index contributed by atoms with van der Waals surface area (Å²) in [7, 11) is 4.67. The molecule has 5 rings (SSSR count). The normalized spacial score (nSPS) is 13.4. The van der Waals surface area contributed by atoms with Crippen LogP contribution in [0.15, 0.2) is 63.9 Å². The van der Waals surface area contributed by atoms with Gasteiger partial charge in [0.2, 0.25) is 28.9 Å². The molecule has 0 bridgehead atoms. The van der Waals surface area contributed by atoms with Gasteiger partial charge in [0, 0.05) is 31.9 Å². The van der Waals surface area contributed by atoms with Gasteiger partial charge < -0.3 is 34.7 Å². The fourth-order valence-corrected chi connectivity index (χ4v) is 5.80. The van der Waals surface area contributed by atoms with Gasteiger partial charge in [0.1, 0.15) is 0 Å². The first-order chi connectivity index (χ1) is 22.8. The SMILES string of the molecule is COc1cc2c(c(OC)c1OC)-c1ccc(NCCCC(=O)NCc3nc(Cc4ccccc4)no3)c(=O)cc1[C@@H](NC(C)=O)CC2. The Hall–Kier alpha value is -5.39. The molecule has 0 aliphatic heterocycles. The highest BCUT2D eigenvalue weighted by atomic mass is 16.5. The first-order valence-electron chi connectivity index (χ1n) is 15.4. The molecule has 1 aromatic heterocycles. The highest BCUT2D eigenvalue weighted by Gasteiger charge is 2.29. The highest BCUT2D eigenvalue weighted by molar-refractivity contribution is 5.83. The number of aromatic nitrogens is 2. The van der Waals surface area contributed by atoms with E-state index in [1.54, 1.807) is 33.5 Å². The first kappa shape index (κ1) is 33.0. The molecule has 2 amide bonds. The second-order valence-corrected chi connectivity index (χ2v) is 11.2. The van der Waals surface area contributed by atoms with Gasteiger partial charge in [-0.3, -0.25) is 14.4 Å². The summed E-state index contributed by atoms with van der Waals surface area (Å²) in [5.74, 6) is 1.97. The zero-order chi connectivity index (χ0) is 33.3. The van der Waals surface area contributed by atoms with Crippen LogP contribution in [0.2, 0.25) is 0 Å². The number of ether oxygens (including phenoxy) is 3. The molecule has 1 aliphatic rings. The van der Waals surface area contributed by atoms with Crippen molar-refractivity contribution in [2.45, 2.75) is 51.6 Å². The van der Waals surface area contributed by atoms with Gasteiger partial charge in [0.25, 0.3) is 0 Å². The molecule has 0 spiro atoms. The van der Waals surface area contributed by atoms with E-state index < -0.39 is 6.04 Å². The van der Waals surface area contributed by atoms with E-state index >= 15 is 0 Å². The van der Waals surface area contributed by atoms with E-state index in [-0.39, 0.29) is 30.2 Å². The number of nitrogens with zero attached hydrogens (tertiary/aromatic N) is 2. The molecule has 246 valence electrons. The molecule has 47 heavy (non-hydrogen) atoms. The minimum absolute atomic E-state index is 0.135. The monoisotopic (exact) mass is 641 g/mol. The minimum Gasteiger partial charge on any atom is -0.493 e. The third-order valence-electron chi connectivity index (χ3n) is 7.96. The number of hydrogen-bond acceptors (Lipinski definition) is 10. The van der Waals surface area contributed by atoms with E-state index in [4.69, 9.17) is 18.7 Å². The molecule has 1 atom stereocenters. The molecule has 0 saturated heterocycles. The molecule has 3 aromatic carbocycles. The first-order valence-corrected chi connectivity index (χ1v) is 15.4. The number of carbonyl (C=O) groups excluding carboxylic acids is 2. The number of nitrogens with one attached hydrogen (secondary N) is 3. The molecule has 12 heteroatoms. The number of carbonyl (C=O) groups is 2. The van der Waals surface area contributed by atoms with Crippen molar-refractivity contribution in [2.75, 3.05) is 33.2 Å². The zero-order valence-corrected chi connectivity index (χ0v) is 27.0. The van der Waals surface area contributed by atoms with Gasteiger partial charge >= 0.3 is 0 Å². The molecule has 4 aromatic rings. The van der Waals surface area contributed by atoms with Crippen molar-refractivity contribution in [2.24, 2.45) is 0 Å². The van der Waals surface area contributed by atoms with Crippen molar-refractivity contribution in [3.8, 4) is 28.4 Å². The summed E-state index contributed by atoms with van der Waals surface area (Å²) < 4.78 is 22.3. The van der Waals surface area contributed by atoms with E-state index in [0.29, 0.717) is 72.4 Å². The lowest BCUT2D eigenvalue weighted by Crippen LogP contribution is -2.26. The van der Waals surface area contributed by atoms with E-state index in [9.17, 15) is 14.4 Å². The van der Waals surface area contributed by atoms with Crippen molar-refractivity contribution in [3.05, 3.63) is 93.2 Å². The van der Waals surface area contributed by atoms with Gasteiger partial charge in [-0.15, -0.1) is 0 Å². The Bertz CT molecular complexity index is 1790. The van der Waals surface area contributed by atoms with Gasteiger partial charge in [-0.25, -0.2) is 0 Å². The second kappa shape index (κ2) is 15.3. The molecule has 0 fully saturated rings. The largest absolute Gasteiger partial charge is 0.493 e. The van der Waals surface area contributed by atoms with Crippen molar-refractivity contribution >= 4 is 17.5 Å². The topological polar surface area (TPSA) is 154 Å². The number of methoxy groups -OCH3 is 3. The Balaban J connectivity index is 1.27. The van der Waals surface area contributed by atoms with Gasteiger partial charge in [0.15, 0.2) is 17.3 Å². The van der Waals surface area contributed by atoms with Crippen LogP contribution in [0.5, 0.6) is 17.2 Å². The average Bonchev–Trinajstić information content (AvgIpc) is 3.39. The molecule has 3 N–H and O–H groups in total. The van der Waals surface area contributed by atoms with Crippen molar-refractivity contribution in [1.82, 2.24) is 20.8 Å². The second-order valence-electron chi connectivity index (χ2n) is 11.2. The molecular formula is C35H39N5O7. The van der Waals surface area contributed by atoms with Gasteiger partial charge in [0.05, 0.1) is 39.6 Å². The standard InChI is InChI=1S/C35H39N5O7/c1-21(41)38-26-14-12-23-18-29(44-2)34(45-3)35(46-4)33(23)24-13-15-27(28(42)19-25(24)26)36-16-8-11-31(43)37-20-32-39-30(40-47-32)17-22-9-6-5-7-10-22/h5-7,9-10,13,15,18-19,26H,8,11-12,14,16-17,20H2,1-4H3,(H,36,42)(H,37,43)(H,38,41)/t26-/m0/s1. The Labute approximate surface area is 272 Å². The number of hydrogen-bond donors (Lipinski definition) is 3. The van der Waals surface area contributed by atoms with Gasteiger partial charge in [-0.2, -0.15) is 4.98 Å². The Kier molecular flexibility index (Phi) is 10.7. The predicted molar refractivity (Wildman–Crippen MR) is 176 cm³/mol. The van der Waals surface area contributed by atoms with Crippen molar-refractivity contribution in [1.29, 1.82) is 0 Å². The third-order valence-corrected chi connectivity index (χ3v) is 7.96. The lowest BCUT2D eigenvalue weighted by molar-refractivity contribution is -0.121. The third kappa shape index (κ3) is 7.89. The molecule has 0 radical (unpaired) electrons. The summed E-state index contributed by atoms with van der Waals surface area (Å²) in [5, 5.41) is 13.0. The zero-order valence-electron chi connectivity index (χ0n) is 27.0. The number of amides is 2. The molecule has 1 aliphatic carbocycles. The quantitative estimate of drug-likeness (QED) is 0.180. The van der Waals surface area contributed by atoms with E-state index in [1.165, 1.54) is 6.92 Å². The lowest BCUT2D eigenvalue weighted by Gasteiger charge is -2.19. The van der Waals surface area contributed by atoms with Crippen LogP contribution in [0.3, 0.4) is 0 Å². The van der Waals surface area contributed by atoms with Crippen LogP contribution in [-0.2, 0) is 29.0 Å². The Morgan fingerprint density at radius 3 is 2.51 bits per heavy atom. The minimum atomic E-state index is -0.401. The van der Waals surface area contributed by atoms with E-state index in [1.807, 2.05) is 42.5 Å². The summed E-state index contributed by atoms with van der Waals surface area (Å²) in [6.07, 6.45) is 2.44. The number of aryl methyl sites for hydroxylation is 1. The van der Waals surface area contributed by atoms with Crippen LogP contribution < -0.4 is 35.6 Å². The van der Waals surface area contributed by atoms with Crippen molar-refractivity contribution < 1.29 is 28.3 Å². The van der Waals surface area contributed by atoms with Crippen LogP contribution in [0, 0.1) is 0 Å². The summed E-state index contributed by atoms with van der Waals surface area (Å²) >= 11 is 0. The molecule has 0 saturated carbocycles. The highest BCUT2D eigenvalue weighted by Crippen LogP contribution is 2.50. The van der Waals surface area contributed by atoms with Crippen LogP contribution in [-0.4, -0.2) is 49.8 Å². The maximum atomic E-state index is 13.5. The van der Waals surface area contributed by atoms with Crippen LogP contribution >= 0.6 is 0 Å². The molecular weight excluding hydrogens is 602 g/mol. The maximum absolute atomic E-state index is 13.5. The van der Waals surface area contributed by atoms with E-state index in [2.05, 4.69) is 26.1 Å². The van der Waals surface area contributed by atoms with E-state index in [0.717, 1.165) is 22.3 Å². The van der Waals surface area contributed by atoms with Crippen LogP contribution in [0.25, 0.3) is 11.1 Å². The fourth-order valence-electron chi connectivity index (χ4n) is 5.80. The number of rotatable bonds is 13. The summed E-state index contributed by atoms with van der Waals surface area (Å²) in [6, 6.07) is 16.5. The van der Waals surface area contributed by atoms with Crippen LogP contribution in [0.1, 0.15) is 60.6 Å². The number of fused-ring (bicyclic) bond motifs is 3. The summed E-state index contributed by atoms with van der Waals surface area (Å²) in [5.41, 5.74) is 4.34. The average molecular weight is 642 g/mol. The summed E-state index contributed by atoms with van der Waals surface area (Å²) in [6.45, 7) is 1.98. The summed E-state index contributed by atoms with van der Waals surface area (Å²) in [4.78, 5) is 42.5. The predicted octanol–water partition coefficient (Wildman–Crippen LogP) is 4.35. The number of anilines is 1. The molecule has 0 unspecified atom stereocenters. The molecule has 12 nitrogen and oxygen atoms in total.